The molecule has 0 unspecified atom stereocenters. The zero-order chi connectivity index (χ0) is 19.7. The first-order valence-electron chi connectivity index (χ1n) is 7.12. The normalized spacial score (nSPS) is 6.29. The van der Waals surface area contributed by atoms with Gasteiger partial charge in [-0.3, -0.25) is 0 Å². The molecule has 0 fully saturated rings. The van der Waals surface area contributed by atoms with Crippen molar-refractivity contribution in [2.24, 2.45) is 11.5 Å². The van der Waals surface area contributed by atoms with Crippen LogP contribution < -0.4 is 11.5 Å². The van der Waals surface area contributed by atoms with Crippen molar-refractivity contribution in [3.63, 3.8) is 0 Å². The molecular weight excluding hydrogens is 344 g/mol. The van der Waals surface area contributed by atoms with E-state index in [9.17, 15) is 0 Å². The van der Waals surface area contributed by atoms with Crippen LogP contribution in [0.3, 0.4) is 0 Å². The summed E-state index contributed by atoms with van der Waals surface area (Å²) >= 11 is 7.74. The number of aliphatic hydroxyl groups excluding tert-OH is 3. The standard InChI is InChI=1S/C7H8.2C3H8.2CH3NOS.CH4O.CH4/c1-7-5-3-2-4-6-7;2*1-3-2;2*2-1(3)4;1-2;/h2-6H,1H3;2*3H2,1-2H3;2*(H3,2,3,4);2H,1H3;1H4. The summed E-state index contributed by atoms with van der Waals surface area (Å²) in [5.74, 6) is 0. The largest absolute Gasteiger partial charge is 0.487 e. The third-order valence-corrected chi connectivity index (χ3v) is 0.940. The summed E-state index contributed by atoms with van der Waals surface area (Å²) in [6.45, 7) is 10.6. The quantitative estimate of drug-likeness (QED) is 0.415. The molecular formula is C17H38N2O3S2. The van der Waals surface area contributed by atoms with E-state index < -0.39 is 10.3 Å². The van der Waals surface area contributed by atoms with Crippen molar-refractivity contribution in [3.05, 3.63) is 35.9 Å². The highest BCUT2D eigenvalue weighted by Crippen LogP contribution is 1.92. The highest BCUT2D eigenvalue weighted by molar-refractivity contribution is 7.80. The van der Waals surface area contributed by atoms with Crippen LogP contribution in [0.4, 0.5) is 0 Å². The van der Waals surface area contributed by atoms with Crippen LogP contribution in [0, 0.1) is 6.92 Å². The molecule has 146 valence electrons. The molecule has 0 bridgehead atoms. The predicted octanol–water partition coefficient (Wildman–Crippen LogP) is 4.65. The summed E-state index contributed by atoms with van der Waals surface area (Å²) in [5, 5.41) is 21.1. The van der Waals surface area contributed by atoms with Crippen LogP contribution >= 0.6 is 24.4 Å². The lowest BCUT2D eigenvalue weighted by Crippen LogP contribution is -2.03. The number of benzene rings is 1. The van der Waals surface area contributed by atoms with E-state index in [1.807, 2.05) is 18.2 Å². The fourth-order valence-electron chi connectivity index (χ4n) is 0.534. The zero-order valence-corrected chi connectivity index (χ0v) is 16.7. The minimum Gasteiger partial charge on any atom is -0.487 e. The second kappa shape index (κ2) is 43.0. The molecule has 7 heteroatoms. The van der Waals surface area contributed by atoms with Gasteiger partial charge in [-0.25, -0.2) is 0 Å². The fraction of sp³-hybridized carbons (Fsp3) is 0.529. The Morgan fingerprint density at radius 2 is 1.00 bits per heavy atom. The molecule has 0 aliphatic rings. The average molecular weight is 383 g/mol. The van der Waals surface area contributed by atoms with Gasteiger partial charge in [-0.15, -0.1) is 0 Å². The molecule has 1 rings (SSSR count). The smallest absolute Gasteiger partial charge is 0.251 e. The van der Waals surface area contributed by atoms with Gasteiger partial charge in [0.15, 0.2) is 0 Å². The van der Waals surface area contributed by atoms with Crippen LogP contribution in [-0.4, -0.2) is 32.8 Å². The Bertz CT molecular complexity index is 303. The second-order valence-electron chi connectivity index (χ2n) is 3.75. The molecule has 7 N–H and O–H groups in total. The summed E-state index contributed by atoms with van der Waals surface area (Å²) in [5.41, 5.74) is 10.1. The highest BCUT2D eigenvalue weighted by atomic mass is 32.1. The van der Waals surface area contributed by atoms with Crippen molar-refractivity contribution in [2.75, 3.05) is 7.11 Å². The Morgan fingerprint density at radius 3 is 1.08 bits per heavy atom. The van der Waals surface area contributed by atoms with E-state index in [2.05, 4.69) is 82.7 Å². The van der Waals surface area contributed by atoms with Gasteiger partial charge < -0.3 is 26.8 Å². The minimum absolute atomic E-state index is 0. The molecule has 0 amide bonds. The third kappa shape index (κ3) is 183. The average Bonchev–Trinajstić information content (AvgIpc) is 2.42. The molecule has 0 saturated carbocycles. The maximum atomic E-state index is 7.56. The second-order valence-corrected chi connectivity index (χ2v) is 4.58. The lowest BCUT2D eigenvalue weighted by Gasteiger charge is -1.82. The fourth-order valence-corrected chi connectivity index (χ4v) is 0.534. The molecule has 0 aromatic heterocycles. The van der Waals surface area contributed by atoms with Crippen LogP contribution in [0.1, 0.15) is 53.5 Å². The van der Waals surface area contributed by atoms with Crippen molar-refractivity contribution < 1.29 is 15.3 Å². The SMILES string of the molecule is C.CCC.CCC.CO.Cc1ccccc1.NC(O)=S.NC(O)=S. The Labute approximate surface area is 159 Å². The third-order valence-electron chi connectivity index (χ3n) is 0.940. The van der Waals surface area contributed by atoms with Gasteiger partial charge >= 0.3 is 0 Å². The number of aliphatic hydroxyl groups is 3. The summed E-state index contributed by atoms with van der Waals surface area (Å²) in [4.78, 5) is 0. The van der Waals surface area contributed by atoms with Gasteiger partial charge in [0.05, 0.1) is 0 Å². The van der Waals surface area contributed by atoms with Gasteiger partial charge in [0.25, 0.3) is 10.3 Å². The molecule has 1 aromatic rings. The molecule has 0 aliphatic heterocycles. The first-order valence-corrected chi connectivity index (χ1v) is 7.94. The highest BCUT2D eigenvalue weighted by Gasteiger charge is 1.72. The molecule has 0 aliphatic carbocycles. The van der Waals surface area contributed by atoms with Gasteiger partial charge in [0, 0.05) is 7.11 Å². The van der Waals surface area contributed by atoms with Crippen molar-refractivity contribution in [1.29, 1.82) is 0 Å². The number of nitrogens with two attached hydrogens (primary N) is 2. The molecule has 1 aromatic carbocycles. The predicted molar refractivity (Wildman–Crippen MR) is 117 cm³/mol. The summed E-state index contributed by atoms with van der Waals surface area (Å²) in [7, 11) is 1.00. The number of rotatable bonds is 0. The number of hydrogen-bond donors (Lipinski definition) is 5. The Kier molecular flexibility index (Phi) is 68.5. The van der Waals surface area contributed by atoms with Crippen LogP contribution in [-0.2, 0) is 0 Å². The van der Waals surface area contributed by atoms with E-state index in [-0.39, 0.29) is 7.43 Å². The molecule has 0 saturated heterocycles. The summed E-state index contributed by atoms with van der Waals surface area (Å²) in [6.07, 6.45) is 2.50. The lowest BCUT2D eigenvalue weighted by atomic mass is 10.2. The Hall–Kier alpha value is -1.44. The van der Waals surface area contributed by atoms with Crippen molar-refractivity contribution in [1.82, 2.24) is 0 Å². The maximum Gasteiger partial charge on any atom is 0.251 e. The van der Waals surface area contributed by atoms with E-state index >= 15 is 0 Å². The summed E-state index contributed by atoms with van der Waals surface area (Å²) < 4.78 is 0. The van der Waals surface area contributed by atoms with E-state index in [1.165, 1.54) is 18.4 Å². The van der Waals surface area contributed by atoms with Crippen molar-refractivity contribution in [2.45, 2.75) is 54.9 Å². The van der Waals surface area contributed by atoms with Gasteiger partial charge in [-0.2, -0.15) is 0 Å². The number of thiocarbonyl (C=S) groups is 2. The topological polar surface area (TPSA) is 113 Å². The number of hydrogen-bond acceptors (Lipinski definition) is 3. The Balaban J connectivity index is -0.0000000426. The van der Waals surface area contributed by atoms with Crippen molar-refractivity contribution >= 4 is 34.8 Å². The molecule has 24 heavy (non-hydrogen) atoms. The zero-order valence-electron chi connectivity index (χ0n) is 15.1. The van der Waals surface area contributed by atoms with E-state index in [4.69, 9.17) is 15.3 Å². The van der Waals surface area contributed by atoms with Crippen molar-refractivity contribution in [3.8, 4) is 0 Å². The lowest BCUT2D eigenvalue weighted by molar-refractivity contribution is 0.399. The van der Waals surface area contributed by atoms with E-state index in [1.54, 1.807) is 0 Å². The van der Waals surface area contributed by atoms with E-state index in [0.717, 1.165) is 7.11 Å². The van der Waals surface area contributed by atoms with Crippen LogP contribution in [0.25, 0.3) is 0 Å². The van der Waals surface area contributed by atoms with Gasteiger partial charge in [0.1, 0.15) is 0 Å². The van der Waals surface area contributed by atoms with Crippen LogP contribution in [0.5, 0.6) is 0 Å². The molecule has 0 atom stereocenters. The van der Waals surface area contributed by atoms with Gasteiger partial charge in [-0.1, -0.05) is 83.9 Å². The monoisotopic (exact) mass is 382 g/mol. The minimum atomic E-state index is -0.500. The van der Waals surface area contributed by atoms with E-state index in [0.29, 0.717) is 0 Å². The first kappa shape index (κ1) is 38.2. The maximum absolute atomic E-state index is 7.56. The van der Waals surface area contributed by atoms with Crippen LogP contribution in [0.2, 0.25) is 0 Å². The molecule has 5 nitrogen and oxygen atoms in total. The molecule has 0 radical (unpaired) electrons. The van der Waals surface area contributed by atoms with Gasteiger partial charge in [0.2, 0.25) is 0 Å². The van der Waals surface area contributed by atoms with Gasteiger partial charge in [-0.05, 0) is 31.4 Å². The summed E-state index contributed by atoms with van der Waals surface area (Å²) in [6, 6.07) is 10.3. The first-order chi connectivity index (χ1) is 10.7. The number of aryl methyl sites for hydroxylation is 1. The molecule has 0 heterocycles. The molecule has 0 spiro atoms. The van der Waals surface area contributed by atoms with Crippen LogP contribution in [0.15, 0.2) is 30.3 Å². The Morgan fingerprint density at radius 1 is 0.833 bits per heavy atom.